The van der Waals surface area contributed by atoms with Crippen molar-refractivity contribution in [2.24, 2.45) is 0 Å². The second kappa shape index (κ2) is 6.15. The van der Waals surface area contributed by atoms with E-state index in [-0.39, 0.29) is 11.8 Å². The molecule has 1 unspecified atom stereocenters. The molecule has 1 aliphatic heterocycles. The summed E-state index contributed by atoms with van der Waals surface area (Å²) in [6.45, 7) is 1.19. The fraction of sp³-hybridized carbons (Fsp3) is 0.417. The molecule has 1 atom stereocenters. The third-order valence-corrected chi connectivity index (χ3v) is 3.19. The van der Waals surface area contributed by atoms with Crippen LogP contribution < -0.4 is 10.6 Å². The number of ether oxygens (including phenoxy) is 1. The maximum absolute atomic E-state index is 13.5. The number of nitrogens with one attached hydrogen (secondary N) is 2. The van der Waals surface area contributed by atoms with Gasteiger partial charge >= 0.3 is 6.03 Å². The molecule has 1 saturated heterocycles. The van der Waals surface area contributed by atoms with E-state index in [0.717, 1.165) is 19.4 Å². The first-order chi connectivity index (χ1) is 8.65. The highest BCUT2D eigenvalue weighted by molar-refractivity contribution is 9.10. The van der Waals surface area contributed by atoms with E-state index >= 15 is 0 Å². The molecule has 0 bridgehead atoms. The average Bonchev–Trinajstić information content (AvgIpc) is 2.83. The number of hydrogen-bond donors (Lipinski definition) is 2. The SMILES string of the molecule is O=C(NCC1CCCO1)Nc1ccc(Br)cc1F. The molecule has 1 aromatic carbocycles. The van der Waals surface area contributed by atoms with Crippen molar-refractivity contribution in [3.8, 4) is 0 Å². The van der Waals surface area contributed by atoms with Crippen LogP contribution in [0.5, 0.6) is 0 Å². The standard InChI is InChI=1S/C12H14BrFN2O2/c13-8-3-4-11(10(14)6-8)16-12(17)15-7-9-2-1-5-18-9/h3-4,6,9H,1-2,5,7H2,(H2,15,16,17). The van der Waals surface area contributed by atoms with Gasteiger partial charge in [-0.05, 0) is 31.0 Å². The van der Waals surface area contributed by atoms with Gasteiger partial charge in [-0.1, -0.05) is 15.9 Å². The second-order valence-corrected chi connectivity index (χ2v) is 5.01. The van der Waals surface area contributed by atoms with Gasteiger partial charge in [-0.25, -0.2) is 9.18 Å². The molecule has 1 aliphatic rings. The minimum atomic E-state index is -0.475. The van der Waals surface area contributed by atoms with Crippen molar-refractivity contribution in [2.75, 3.05) is 18.5 Å². The zero-order chi connectivity index (χ0) is 13.0. The fourth-order valence-electron chi connectivity index (χ4n) is 1.77. The van der Waals surface area contributed by atoms with Crippen molar-refractivity contribution in [2.45, 2.75) is 18.9 Å². The lowest BCUT2D eigenvalue weighted by Crippen LogP contribution is -2.35. The number of carbonyl (C=O) groups excluding carboxylic acids is 1. The topological polar surface area (TPSA) is 50.4 Å². The highest BCUT2D eigenvalue weighted by Crippen LogP contribution is 2.19. The maximum Gasteiger partial charge on any atom is 0.319 e. The molecule has 2 N–H and O–H groups in total. The first-order valence-electron chi connectivity index (χ1n) is 5.76. The van der Waals surface area contributed by atoms with Crippen LogP contribution in [0.2, 0.25) is 0 Å². The summed E-state index contributed by atoms with van der Waals surface area (Å²) in [4.78, 5) is 11.6. The van der Waals surface area contributed by atoms with Crippen LogP contribution >= 0.6 is 15.9 Å². The zero-order valence-corrected chi connectivity index (χ0v) is 11.3. The monoisotopic (exact) mass is 316 g/mol. The Kier molecular flexibility index (Phi) is 4.54. The molecule has 0 spiro atoms. The van der Waals surface area contributed by atoms with Crippen LogP contribution in [-0.4, -0.2) is 25.3 Å². The molecule has 98 valence electrons. The summed E-state index contributed by atoms with van der Waals surface area (Å²) in [7, 11) is 0. The number of amides is 2. The van der Waals surface area contributed by atoms with E-state index in [9.17, 15) is 9.18 Å². The lowest BCUT2D eigenvalue weighted by atomic mass is 10.2. The molecule has 6 heteroatoms. The predicted octanol–water partition coefficient (Wildman–Crippen LogP) is 2.89. The van der Waals surface area contributed by atoms with Gasteiger partial charge in [0, 0.05) is 17.6 Å². The molecule has 18 heavy (non-hydrogen) atoms. The number of halogens is 2. The lowest BCUT2D eigenvalue weighted by molar-refractivity contribution is 0.112. The van der Waals surface area contributed by atoms with Crippen LogP contribution in [-0.2, 0) is 4.74 Å². The first-order valence-corrected chi connectivity index (χ1v) is 6.56. The van der Waals surface area contributed by atoms with Gasteiger partial charge in [0.1, 0.15) is 5.82 Å². The molecule has 0 aliphatic carbocycles. The number of rotatable bonds is 3. The van der Waals surface area contributed by atoms with Crippen molar-refractivity contribution in [1.82, 2.24) is 5.32 Å². The van der Waals surface area contributed by atoms with E-state index in [1.165, 1.54) is 12.1 Å². The lowest BCUT2D eigenvalue weighted by Gasteiger charge is -2.12. The van der Waals surface area contributed by atoms with Gasteiger partial charge in [0.15, 0.2) is 0 Å². The van der Waals surface area contributed by atoms with E-state index in [1.807, 2.05) is 0 Å². The summed E-state index contributed by atoms with van der Waals surface area (Å²) in [5, 5.41) is 5.12. The summed E-state index contributed by atoms with van der Waals surface area (Å²) in [5.74, 6) is -0.475. The molecule has 1 aromatic rings. The van der Waals surface area contributed by atoms with Gasteiger partial charge in [0.05, 0.1) is 11.8 Å². The zero-order valence-electron chi connectivity index (χ0n) is 9.71. The fourth-order valence-corrected chi connectivity index (χ4v) is 2.10. The van der Waals surface area contributed by atoms with Crippen LogP contribution in [0.25, 0.3) is 0 Å². The van der Waals surface area contributed by atoms with Gasteiger partial charge in [-0.2, -0.15) is 0 Å². The Hall–Kier alpha value is -1.14. The van der Waals surface area contributed by atoms with Crippen LogP contribution in [0.3, 0.4) is 0 Å². The van der Waals surface area contributed by atoms with E-state index in [1.54, 1.807) is 6.07 Å². The van der Waals surface area contributed by atoms with Gasteiger partial charge in [0.2, 0.25) is 0 Å². The molecule has 2 amide bonds. The highest BCUT2D eigenvalue weighted by Gasteiger charge is 2.16. The third-order valence-electron chi connectivity index (χ3n) is 2.69. The summed E-state index contributed by atoms with van der Waals surface area (Å²) in [5.41, 5.74) is 0.156. The van der Waals surface area contributed by atoms with Crippen LogP contribution in [0.4, 0.5) is 14.9 Å². The van der Waals surface area contributed by atoms with E-state index < -0.39 is 11.8 Å². The summed E-state index contributed by atoms with van der Waals surface area (Å²) < 4.78 is 19.5. The third kappa shape index (κ3) is 3.68. The largest absolute Gasteiger partial charge is 0.376 e. The molecule has 0 saturated carbocycles. The van der Waals surface area contributed by atoms with Gasteiger partial charge in [-0.15, -0.1) is 0 Å². The molecule has 0 aromatic heterocycles. The van der Waals surface area contributed by atoms with Gasteiger partial charge in [-0.3, -0.25) is 0 Å². The van der Waals surface area contributed by atoms with E-state index in [2.05, 4.69) is 26.6 Å². The van der Waals surface area contributed by atoms with Crippen molar-refractivity contribution < 1.29 is 13.9 Å². The van der Waals surface area contributed by atoms with Crippen molar-refractivity contribution in [1.29, 1.82) is 0 Å². The Morgan fingerprint density at radius 1 is 1.56 bits per heavy atom. The predicted molar refractivity (Wildman–Crippen MR) is 70.1 cm³/mol. The molecule has 1 fully saturated rings. The smallest absolute Gasteiger partial charge is 0.319 e. The quantitative estimate of drug-likeness (QED) is 0.901. The van der Waals surface area contributed by atoms with Gasteiger partial charge < -0.3 is 15.4 Å². The number of anilines is 1. The maximum atomic E-state index is 13.5. The van der Waals surface area contributed by atoms with Gasteiger partial charge in [0.25, 0.3) is 0 Å². The van der Waals surface area contributed by atoms with E-state index in [4.69, 9.17) is 4.74 Å². The Bertz CT molecular complexity index is 436. The molecule has 4 nitrogen and oxygen atoms in total. The number of carbonyl (C=O) groups is 1. The van der Waals surface area contributed by atoms with Crippen molar-refractivity contribution in [3.05, 3.63) is 28.5 Å². The molecular weight excluding hydrogens is 303 g/mol. The summed E-state index contributed by atoms with van der Waals surface area (Å²) >= 11 is 3.15. The van der Waals surface area contributed by atoms with Crippen LogP contribution in [0, 0.1) is 5.82 Å². The molecule has 1 heterocycles. The Labute approximate surface area is 113 Å². The van der Waals surface area contributed by atoms with Crippen molar-refractivity contribution >= 4 is 27.6 Å². The van der Waals surface area contributed by atoms with Crippen molar-refractivity contribution in [3.63, 3.8) is 0 Å². The Morgan fingerprint density at radius 3 is 3.06 bits per heavy atom. The normalized spacial score (nSPS) is 18.7. The van der Waals surface area contributed by atoms with Crippen LogP contribution in [0.15, 0.2) is 22.7 Å². The Morgan fingerprint density at radius 2 is 2.39 bits per heavy atom. The molecule has 0 radical (unpaired) electrons. The van der Waals surface area contributed by atoms with E-state index in [0.29, 0.717) is 11.0 Å². The number of urea groups is 1. The minimum Gasteiger partial charge on any atom is -0.376 e. The molecular formula is C12H14BrFN2O2. The second-order valence-electron chi connectivity index (χ2n) is 4.09. The van der Waals surface area contributed by atoms with Crippen LogP contribution in [0.1, 0.15) is 12.8 Å². The number of hydrogen-bond acceptors (Lipinski definition) is 2. The average molecular weight is 317 g/mol. The number of benzene rings is 1. The molecule has 2 rings (SSSR count). The summed E-state index contributed by atoms with van der Waals surface area (Å²) in [6.07, 6.45) is 2.05. The summed E-state index contributed by atoms with van der Waals surface area (Å²) in [6, 6.07) is 4.05. The highest BCUT2D eigenvalue weighted by atomic mass is 79.9. The minimum absolute atomic E-state index is 0.0746. The Balaban J connectivity index is 1.82. The first kappa shape index (κ1) is 13.3.